The Hall–Kier alpha value is -4.98. The van der Waals surface area contributed by atoms with Gasteiger partial charge in [-0.2, -0.15) is 27.1 Å². The van der Waals surface area contributed by atoms with Crippen molar-refractivity contribution in [3.05, 3.63) is 95.9 Å². The second kappa shape index (κ2) is 11.1. The molecule has 5 rings (SSSR count). The SMILES string of the molecule is Cc1cccc(Cl)c1-n1nccc1NC(=O)Nc1ccc(-c2ncn(-c3ccc(OC(F)(F)C(F)(F)F)cc3)n2)cc1. The van der Waals surface area contributed by atoms with Crippen molar-refractivity contribution in [2.75, 3.05) is 10.6 Å². The van der Waals surface area contributed by atoms with Crippen molar-refractivity contribution >= 4 is 29.1 Å². The minimum Gasteiger partial charge on any atom is -0.426 e. The average molecular weight is 604 g/mol. The highest BCUT2D eigenvalue weighted by molar-refractivity contribution is 6.32. The number of hydrogen-bond acceptors (Lipinski definition) is 5. The van der Waals surface area contributed by atoms with Gasteiger partial charge in [-0.3, -0.25) is 5.32 Å². The van der Waals surface area contributed by atoms with Crippen molar-refractivity contribution < 1.29 is 31.5 Å². The van der Waals surface area contributed by atoms with Crippen LogP contribution in [0.15, 0.2) is 85.3 Å². The number of rotatable bonds is 7. The van der Waals surface area contributed by atoms with Crippen molar-refractivity contribution in [1.82, 2.24) is 24.5 Å². The number of amides is 2. The van der Waals surface area contributed by atoms with Gasteiger partial charge in [-0.1, -0.05) is 23.7 Å². The van der Waals surface area contributed by atoms with Crippen LogP contribution in [0.5, 0.6) is 5.75 Å². The number of urea groups is 1. The lowest BCUT2D eigenvalue weighted by molar-refractivity contribution is -0.360. The van der Waals surface area contributed by atoms with Crippen LogP contribution >= 0.6 is 11.6 Å². The lowest BCUT2D eigenvalue weighted by atomic mass is 10.2. The zero-order valence-corrected chi connectivity index (χ0v) is 22.2. The van der Waals surface area contributed by atoms with E-state index in [2.05, 4.69) is 30.6 Å². The van der Waals surface area contributed by atoms with Gasteiger partial charge in [-0.05, 0) is 67.1 Å². The number of carbonyl (C=O) groups excluding carboxylic acids is 1. The molecule has 0 spiro atoms. The second-order valence-electron chi connectivity index (χ2n) is 8.81. The zero-order valence-electron chi connectivity index (χ0n) is 21.4. The summed E-state index contributed by atoms with van der Waals surface area (Å²) in [5.74, 6) is 0.0367. The topological polar surface area (TPSA) is 98.9 Å². The van der Waals surface area contributed by atoms with Crippen molar-refractivity contribution in [2.45, 2.75) is 19.2 Å². The van der Waals surface area contributed by atoms with E-state index in [1.807, 2.05) is 19.1 Å². The van der Waals surface area contributed by atoms with E-state index in [4.69, 9.17) is 11.6 Å². The fraction of sp³-hybridized carbons (Fsp3) is 0.111. The molecule has 3 aromatic carbocycles. The number of benzene rings is 3. The van der Waals surface area contributed by atoms with Crippen LogP contribution in [0.25, 0.3) is 22.8 Å². The van der Waals surface area contributed by atoms with Gasteiger partial charge < -0.3 is 10.1 Å². The van der Waals surface area contributed by atoms with Crippen LogP contribution in [0.3, 0.4) is 0 Å². The molecule has 0 atom stereocenters. The van der Waals surface area contributed by atoms with E-state index < -0.39 is 24.1 Å². The molecule has 42 heavy (non-hydrogen) atoms. The summed E-state index contributed by atoms with van der Waals surface area (Å²) < 4.78 is 69.9. The molecule has 0 fully saturated rings. The number of anilines is 2. The Kier molecular flexibility index (Phi) is 7.56. The molecule has 2 N–H and O–H groups in total. The molecule has 0 radical (unpaired) electrons. The molecule has 15 heteroatoms. The van der Waals surface area contributed by atoms with Gasteiger partial charge in [0.1, 0.15) is 17.9 Å². The molecular weight excluding hydrogens is 585 g/mol. The highest BCUT2D eigenvalue weighted by Crippen LogP contribution is 2.37. The highest BCUT2D eigenvalue weighted by atomic mass is 35.5. The molecule has 0 bridgehead atoms. The Morgan fingerprint density at radius 1 is 0.929 bits per heavy atom. The number of para-hydroxylation sites is 1. The number of carbonyl (C=O) groups is 1. The normalized spacial score (nSPS) is 11.8. The maximum Gasteiger partial charge on any atom is 0.499 e. The molecule has 0 saturated heterocycles. The first-order valence-corrected chi connectivity index (χ1v) is 12.4. The lowest BCUT2D eigenvalue weighted by Crippen LogP contribution is -2.41. The predicted molar refractivity (Wildman–Crippen MR) is 144 cm³/mol. The van der Waals surface area contributed by atoms with Crippen LogP contribution < -0.4 is 15.4 Å². The monoisotopic (exact) mass is 603 g/mol. The molecule has 5 aromatic rings. The first-order chi connectivity index (χ1) is 19.9. The summed E-state index contributed by atoms with van der Waals surface area (Å²) in [6.45, 7) is 1.88. The highest BCUT2D eigenvalue weighted by Gasteiger charge is 2.61. The van der Waals surface area contributed by atoms with Crippen molar-refractivity contribution in [3.63, 3.8) is 0 Å². The van der Waals surface area contributed by atoms with E-state index in [-0.39, 0.29) is 0 Å². The van der Waals surface area contributed by atoms with Crippen molar-refractivity contribution in [1.29, 1.82) is 0 Å². The second-order valence-corrected chi connectivity index (χ2v) is 9.22. The van der Waals surface area contributed by atoms with Gasteiger partial charge in [-0.15, -0.1) is 5.10 Å². The average Bonchev–Trinajstić information content (AvgIpc) is 3.59. The van der Waals surface area contributed by atoms with E-state index in [9.17, 15) is 26.7 Å². The fourth-order valence-electron chi connectivity index (χ4n) is 3.84. The Balaban J connectivity index is 1.23. The number of alkyl halides is 5. The van der Waals surface area contributed by atoms with Crippen LogP contribution in [-0.2, 0) is 0 Å². The third-order valence-electron chi connectivity index (χ3n) is 5.85. The fourth-order valence-corrected chi connectivity index (χ4v) is 4.14. The summed E-state index contributed by atoms with van der Waals surface area (Å²) in [5.41, 5.74) is 2.93. The summed E-state index contributed by atoms with van der Waals surface area (Å²) in [4.78, 5) is 16.9. The van der Waals surface area contributed by atoms with Gasteiger partial charge in [0.05, 0.1) is 22.6 Å². The standard InChI is InChI=1S/C27H19ClF5N7O2/c1-16-3-2-4-21(28)23(16)40-22(13-14-35-40)37-25(41)36-18-7-5-17(6-8-18)24-34-15-39(38-24)19-9-11-20(12-10-19)42-27(32,33)26(29,30)31/h2-15H,1H3,(H2,36,37,41). The van der Waals surface area contributed by atoms with E-state index in [1.54, 1.807) is 36.4 Å². The Morgan fingerprint density at radius 3 is 2.31 bits per heavy atom. The number of nitrogens with one attached hydrogen (secondary N) is 2. The molecule has 0 saturated carbocycles. The summed E-state index contributed by atoms with van der Waals surface area (Å²) in [6, 6.07) is 17.6. The third-order valence-corrected chi connectivity index (χ3v) is 6.16. The molecule has 2 heterocycles. The summed E-state index contributed by atoms with van der Waals surface area (Å²) >= 11 is 6.34. The molecule has 216 valence electrons. The number of ether oxygens (including phenoxy) is 1. The van der Waals surface area contributed by atoms with E-state index in [1.165, 1.54) is 34.0 Å². The molecule has 9 nitrogen and oxygen atoms in total. The first-order valence-electron chi connectivity index (χ1n) is 12.0. The molecule has 2 amide bonds. The van der Waals surface area contributed by atoms with Crippen LogP contribution in [0.4, 0.5) is 38.3 Å². The number of nitrogens with zero attached hydrogens (tertiary/aromatic N) is 5. The number of aromatic nitrogens is 5. The van der Waals surface area contributed by atoms with Gasteiger partial charge in [0.15, 0.2) is 5.82 Å². The van der Waals surface area contributed by atoms with Crippen LogP contribution in [0, 0.1) is 6.92 Å². The summed E-state index contributed by atoms with van der Waals surface area (Å²) in [5, 5.41) is 14.5. The molecular formula is C27H19ClF5N7O2. The van der Waals surface area contributed by atoms with E-state index in [0.717, 1.165) is 17.7 Å². The Bertz CT molecular complexity index is 1700. The predicted octanol–water partition coefficient (Wildman–Crippen LogP) is 7.26. The van der Waals surface area contributed by atoms with Crippen LogP contribution in [0.1, 0.15) is 5.56 Å². The minimum absolute atomic E-state index is 0.300. The van der Waals surface area contributed by atoms with Gasteiger partial charge in [0.25, 0.3) is 0 Å². The van der Waals surface area contributed by atoms with Crippen LogP contribution in [0.2, 0.25) is 5.02 Å². The maximum atomic E-state index is 13.1. The van der Waals surface area contributed by atoms with Crippen molar-refractivity contribution in [3.8, 4) is 28.5 Å². The first kappa shape index (κ1) is 28.5. The minimum atomic E-state index is -5.85. The molecule has 2 aromatic heterocycles. The van der Waals surface area contributed by atoms with Crippen molar-refractivity contribution in [2.24, 2.45) is 0 Å². The Labute approximate surface area is 239 Å². The maximum absolute atomic E-state index is 13.1. The summed E-state index contributed by atoms with van der Waals surface area (Å²) in [6.07, 6.45) is -8.29. The van der Waals surface area contributed by atoms with Gasteiger partial charge in [0.2, 0.25) is 0 Å². The summed E-state index contributed by atoms with van der Waals surface area (Å²) in [7, 11) is 0. The van der Waals surface area contributed by atoms with E-state index in [0.29, 0.717) is 39.3 Å². The third kappa shape index (κ3) is 6.02. The molecule has 0 aliphatic carbocycles. The molecule has 0 unspecified atom stereocenters. The van der Waals surface area contributed by atoms with Gasteiger partial charge >= 0.3 is 18.3 Å². The number of hydrogen-bond donors (Lipinski definition) is 2. The molecule has 0 aliphatic heterocycles. The lowest BCUT2D eigenvalue weighted by Gasteiger charge is -2.20. The number of aryl methyl sites for hydroxylation is 1. The largest absolute Gasteiger partial charge is 0.499 e. The number of halogens is 6. The van der Waals surface area contributed by atoms with Gasteiger partial charge in [-0.25, -0.2) is 19.1 Å². The smallest absolute Gasteiger partial charge is 0.426 e. The van der Waals surface area contributed by atoms with E-state index >= 15 is 0 Å². The molecule has 0 aliphatic rings. The Morgan fingerprint density at radius 2 is 1.64 bits per heavy atom. The van der Waals surface area contributed by atoms with Gasteiger partial charge in [0, 0.05) is 17.3 Å². The quantitative estimate of drug-likeness (QED) is 0.191. The zero-order chi connectivity index (χ0) is 30.1. The van der Waals surface area contributed by atoms with Crippen LogP contribution in [-0.4, -0.2) is 42.9 Å².